The van der Waals surface area contributed by atoms with Gasteiger partial charge in [-0.3, -0.25) is 9.36 Å². The van der Waals surface area contributed by atoms with Crippen molar-refractivity contribution < 1.29 is 32.9 Å². The second-order valence-corrected chi connectivity index (χ2v) is 25.6. The number of aliphatic hydroxyl groups is 1. The summed E-state index contributed by atoms with van der Waals surface area (Å²) in [6, 6.07) is -0.796. The van der Waals surface area contributed by atoms with Crippen LogP contribution in [0.5, 0.6) is 0 Å². The summed E-state index contributed by atoms with van der Waals surface area (Å²) in [7, 11) is 1.33. The predicted octanol–water partition coefficient (Wildman–Crippen LogP) is 19.8. The van der Waals surface area contributed by atoms with Gasteiger partial charge in [-0.2, -0.15) is 0 Å². The standard InChI is InChI=1S/C64H131N2O6P/c1-6-8-10-12-14-16-18-20-22-24-26-28-29-30-31-32-33-34-35-36-37-38-39-41-43-45-47-49-51-53-55-57-63(67)62(61-72-73(69,70)71-60-59-66(3,4)5)65-64(68)58-56-54-52-50-48-46-44-42-40-27-25-23-21-19-17-15-13-11-9-7-2/h62-63,67H,6-61H2,1-5H3,(H-,65,68,69,70). The molecule has 0 radical (unpaired) electrons. The minimum absolute atomic E-state index is 0.0168. The minimum Gasteiger partial charge on any atom is -0.756 e. The molecule has 0 fully saturated rings. The maximum Gasteiger partial charge on any atom is 0.268 e. The number of nitrogens with zero attached hydrogens (tertiary/aromatic N) is 1. The highest BCUT2D eigenvalue weighted by molar-refractivity contribution is 7.45. The highest BCUT2D eigenvalue weighted by Crippen LogP contribution is 2.38. The number of aliphatic hydroxyl groups excluding tert-OH is 1. The van der Waals surface area contributed by atoms with Crippen LogP contribution in [0.3, 0.4) is 0 Å². The van der Waals surface area contributed by atoms with E-state index in [1.54, 1.807) is 0 Å². The molecule has 0 heterocycles. The monoisotopic (exact) mass is 1050 g/mol. The first-order valence-electron chi connectivity index (χ1n) is 32.9. The average Bonchev–Trinajstić information content (AvgIpc) is 3.35. The number of carbonyl (C=O) groups excluding carboxylic acids is 1. The van der Waals surface area contributed by atoms with Crippen molar-refractivity contribution in [2.45, 2.75) is 366 Å². The topological polar surface area (TPSA) is 108 Å². The van der Waals surface area contributed by atoms with Gasteiger partial charge in [-0.1, -0.05) is 335 Å². The van der Waals surface area contributed by atoms with Crippen LogP contribution in [0.4, 0.5) is 0 Å². The van der Waals surface area contributed by atoms with Crippen LogP contribution in [0.2, 0.25) is 0 Å². The molecule has 0 aliphatic rings. The van der Waals surface area contributed by atoms with Crippen molar-refractivity contribution in [3.8, 4) is 0 Å². The van der Waals surface area contributed by atoms with Gasteiger partial charge in [0.25, 0.3) is 7.82 Å². The molecule has 73 heavy (non-hydrogen) atoms. The van der Waals surface area contributed by atoms with E-state index in [1.807, 2.05) is 21.1 Å². The van der Waals surface area contributed by atoms with Crippen molar-refractivity contribution in [3.05, 3.63) is 0 Å². The summed E-state index contributed by atoms with van der Waals surface area (Å²) >= 11 is 0. The Morgan fingerprint density at radius 3 is 0.932 bits per heavy atom. The fraction of sp³-hybridized carbons (Fsp3) is 0.984. The van der Waals surface area contributed by atoms with Gasteiger partial charge in [-0.25, -0.2) is 0 Å². The van der Waals surface area contributed by atoms with Gasteiger partial charge in [-0.15, -0.1) is 0 Å². The van der Waals surface area contributed by atoms with Crippen LogP contribution >= 0.6 is 7.82 Å². The normalized spacial score (nSPS) is 13.7. The molecule has 2 N–H and O–H groups in total. The van der Waals surface area contributed by atoms with E-state index in [1.165, 1.54) is 289 Å². The molecule has 0 aromatic heterocycles. The lowest BCUT2D eigenvalue weighted by atomic mass is 10.0. The van der Waals surface area contributed by atoms with Gasteiger partial charge < -0.3 is 28.8 Å². The SMILES string of the molecule is CCCCCCCCCCCCCCCCCCCCCCCCCCCCCCCCCC(O)C(COP(=O)([O-])OCC[N+](C)(C)C)NC(=O)CCCCCCCCCCCCCCCCCCCCCC. The Hall–Kier alpha value is -0.500. The largest absolute Gasteiger partial charge is 0.756 e. The summed E-state index contributed by atoms with van der Waals surface area (Å²) in [4.78, 5) is 25.6. The lowest BCUT2D eigenvalue weighted by Gasteiger charge is -2.30. The minimum atomic E-state index is -4.57. The Balaban J connectivity index is 4.00. The number of phosphoric ester groups is 1. The van der Waals surface area contributed by atoms with Crippen molar-refractivity contribution in [2.24, 2.45) is 0 Å². The molecule has 0 aliphatic heterocycles. The third-order valence-electron chi connectivity index (χ3n) is 15.6. The van der Waals surface area contributed by atoms with Crippen molar-refractivity contribution in [1.29, 1.82) is 0 Å². The van der Waals surface area contributed by atoms with Crippen LogP contribution in [-0.2, 0) is 18.4 Å². The number of rotatable bonds is 62. The van der Waals surface area contributed by atoms with Gasteiger partial charge in [0, 0.05) is 6.42 Å². The Bertz CT molecular complexity index is 1150. The molecule has 8 nitrogen and oxygen atoms in total. The van der Waals surface area contributed by atoms with Crippen LogP contribution in [0.15, 0.2) is 0 Å². The van der Waals surface area contributed by atoms with Gasteiger partial charge in [0.1, 0.15) is 13.2 Å². The van der Waals surface area contributed by atoms with Crippen molar-refractivity contribution >= 4 is 13.7 Å². The van der Waals surface area contributed by atoms with Crippen LogP contribution in [-0.4, -0.2) is 68.5 Å². The van der Waals surface area contributed by atoms with E-state index in [0.717, 1.165) is 38.5 Å². The molecule has 1 amide bonds. The molecular formula is C64H131N2O6P. The molecule has 0 aromatic carbocycles. The smallest absolute Gasteiger partial charge is 0.268 e. The quantitative estimate of drug-likeness (QED) is 0.0357. The zero-order chi connectivity index (χ0) is 53.5. The van der Waals surface area contributed by atoms with Crippen LogP contribution < -0.4 is 10.2 Å². The summed E-state index contributed by atoms with van der Waals surface area (Å²) < 4.78 is 23.5. The molecule has 0 saturated heterocycles. The summed E-state index contributed by atoms with van der Waals surface area (Å²) in [6.07, 6.45) is 68.8. The molecule has 0 spiro atoms. The number of quaternary nitrogens is 1. The first-order chi connectivity index (χ1) is 35.5. The summed E-state index contributed by atoms with van der Waals surface area (Å²) in [5.74, 6) is -0.155. The van der Waals surface area contributed by atoms with E-state index in [2.05, 4.69) is 19.2 Å². The van der Waals surface area contributed by atoms with Gasteiger partial charge >= 0.3 is 0 Å². The third kappa shape index (κ3) is 59.0. The number of nitrogens with one attached hydrogen (secondary N) is 1. The average molecular weight is 1060 g/mol. The van der Waals surface area contributed by atoms with Crippen molar-refractivity contribution in [2.75, 3.05) is 40.9 Å². The van der Waals surface area contributed by atoms with Crippen molar-refractivity contribution in [3.63, 3.8) is 0 Å². The zero-order valence-electron chi connectivity index (χ0n) is 50.1. The number of hydrogen-bond acceptors (Lipinski definition) is 6. The molecule has 3 atom stereocenters. The third-order valence-corrected chi connectivity index (χ3v) is 16.6. The van der Waals surface area contributed by atoms with E-state index in [9.17, 15) is 19.4 Å². The molecule has 0 rings (SSSR count). The highest BCUT2D eigenvalue weighted by atomic mass is 31.2. The van der Waals surface area contributed by atoms with Crippen LogP contribution in [0.25, 0.3) is 0 Å². The Morgan fingerprint density at radius 2 is 0.671 bits per heavy atom. The maximum atomic E-state index is 13.0. The summed E-state index contributed by atoms with van der Waals surface area (Å²) in [5, 5.41) is 14.1. The second kappa shape index (κ2) is 56.2. The fourth-order valence-electron chi connectivity index (χ4n) is 10.5. The molecule has 0 saturated carbocycles. The van der Waals surface area contributed by atoms with Crippen LogP contribution in [0.1, 0.15) is 354 Å². The summed E-state index contributed by atoms with van der Waals surface area (Å²) in [5.41, 5.74) is 0. The maximum absolute atomic E-state index is 13.0. The lowest BCUT2D eigenvalue weighted by Crippen LogP contribution is -2.46. The van der Waals surface area contributed by atoms with Gasteiger partial charge in [0.2, 0.25) is 5.91 Å². The highest BCUT2D eigenvalue weighted by Gasteiger charge is 2.24. The summed E-state index contributed by atoms with van der Waals surface area (Å²) in [6.45, 7) is 4.79. The molecule has 3 unspecified atom stereocenters. The second-order valence-electron chi connectivity index (χ2n) is 24.2. The fourth-order valence-corrected chi connectivity index (χ4v) is 11.2. The van der Waals surface area contributed by atoms with E-state index in [-0.39, 0.29) is 19.1 Å². The zero-order valence-corrected chi connectivity index (χ0v) is 51.0. The van der Waals surface area contributed by atoms with Gasteiger partial charge in [0.15, 0.2) is 0 Å². The lowest BCUT2D eigenvalue weighted by molar-refractivity contribution is -0.870. The van der Waals surface area contributed by atoms with Crippen LogP contribution in [0, 0.1) is 0 Å². The number of carbonyl (C=O) groups is 1. The first kappa shape index (κ1) is 72.5. The first-order valence-corrected chi connectivity index (χ1v) is 34.3. The number of amides is 1. The van der Waals surface area contributed by atoms with Crippen molar-refractivity contribution in [1.82, 2.24) is 5.32 Å². The Kier molecular flexibility index (Phi) is 55.8. The number of phosphoric acid groups is 1. The van der Waals surface area contributed by atoms with E-state index < -0.39 is 20.0 Å². The van der Waals surface area contributed by atoms with E-state index in [4.69, 9.17) is 9.05 Å². The molecule has 438 valence electrons. The number of hydrogen-bond donors (Lipinski definition) is 2. The number of unbranched alkanes of at least 4 members (excludes halogenated alkanes) is 49. The van der Waals surface area contributed by atoms with E-state index >= 15 is 0 Å². The van der Waals surface area contributed by atoms with Gasteiger partial charge in [0.05, 0.1) is 39.9 Å². The predicted molar refractivity (Wildman–Crippen MR) is 316 cm³/mol. The molecule has 0 aromatic rings. The Labute approximate surface area is 457 Å². The molecule has 0 aliphatic carbocycles. The molecule has 0 bridgehead atoms. The van der Waals surface area contributed by atoms with E-state index in [0.29, 0.717) is 23.9 Å². The number of likely N-dealkylation sites (N-methyl/N-ethyl adjacent to an activating group) is 1. The Morgan fingerprint density at radius 1 is 0.425 bits per heavy atom. The van der Waals surface area contributed by atoms with Gasteiger partial charge in [-0.05, 0) is 12.8 Å². The molecular weight excluding hydrogens is 924 g/mol. The molecule has 9 heteroatoms.